The summed E-state index contributed by atoms with van der Waals surface area (Å²) in [5.41, 5.74) is 0. The third kappa shape index (κ3) is 8.86. The van der Waals surface area contributed by atoms with E-state index in [0.717, 1.165) is 0 Å². The summed E-state index contributed by atoms with van der Waals surface area (Å²) in [6.07, 6.45) is 0.278. The molecule has 0 aliphatic carbocycles. The number of carbonyl (C=O) groups is 2. The quantitative estimate of drug-likeness (QED) is 0.365. The fourth-order valence-electron chi connectivity index (χ4n) is 0. The summed E-state index contributed by atoms with van der Waals surface area (Å²) in [7, 11) is 0. The van der Waals surface area contributed by atoms with Crippen LogP contribution in [0.5, 0.6) is 0 Å². The molecule has 0 fully saturated rings. The van der Waals surface area contributed by atoms with Gasteiger partial charge >= 0.3 is 0 Å². The summed E-state index contributed by atoms with van der Waals surface area (Å²) in [6, 6.07) is 0. The maximum Gasteiger partial charge on any atom is 0.192 e. The van der Waals surface area contributed by atoms with E-state index in [9.17, 15) is 4.79 Å². The average molecular weight is 279 g/mol. The molecule has 0 rings (SSSR count). The van der Waals surface area contributed by atoms with Gasteiger partial charge in [-0.3, -0.25) is 9.59 Å². The van der Waals surface area contributed by atoms with Crippen LogP contribution in [0, 0.1) is 0 Å². The van der Waals surface area contributed by atoms with E-state index in [1.165, 1.54) is 6.92 Å². The predicted molar refractivity (Wildman–Crippen MR) is 22.5 cm³/mol. The number of rotatable bonds is 1. The second kappa shape index (κ2) is 5.26. The predicted octanol–water partition coefficient (Wildman–Crippen LogP) is -0.607. The van der Waals surface area contributed by atoms with E-state index in [4.69, 9.17) is 4.79 Å². The molecular weight excluding hydrogens is 275 g/mol. The molecule has 2 nitrogen and oxygen atoms in total. The van der Waals surface area contributed by atoms with E-state index in [2.05, 4.69) is 0 Å². The van der Waals surface area contributed by atoms with E-state index < -0.39 is 5.78 Å². The molecule has 0 bridgehead atoms. The minimum atomic E-state index is -0.426. The Hall–Kier alpha value is 0.262. The first kappa shape index (κ1) is 9.55. The molecule has 0 heterocycles. The fourth-order valence-corrected chi connectivity index (χ4v) is 0. The topological polar surface area (TPSA) is 34.1 Å². The molecule has 0 aromatic heterocycles. The van der Waals surface area contributed by atoms with Gasteiger partial charge in [-0.25, -0.2) is 0 Å². The molecule has 0 aliphatic rings. The number of hydrogen-bond acceptors (Lipinski definition) is 2. The van der Waals surface area contributed by atoms with Gasteiger partial charge in [-0.05, 0) is 0 Å². The molecule has 0 N–H and O–H groups in total. The van der Waals surface area contributed by atoms with E-state index in [-0.39, 0.29) is 33.6 Å². The average Bonchev–Trinajstić information content (AvgIpc) is 1.38. The Morgan fingerprint density at radius 1 is 1.67 bits per heavy atom. The summed E-state index contributed by atoms with van der Waals surface area (Å²) in [5.74, 6) is -0.426. The minimum absolute atomic E-state index is 0. The molecule has 0 unspecified atom stereocenters. The molecule has 0 saturated heterocycles. The summed E-state index contributed by atoms with van der Waals surface area (Å²) in [5, 5.41) is 0. The van der Waals surface area contributed by atoms with E-state index in [0.29, 0.717) is 0 Å². The van der Waals surface area contributed by atoms with Crippen molar-refractivity contribution in [3.05, 3.63) is 0 Å². The van der Waals surface area contributed by atoms with Gasteiger partial charge in [-0.1, -0.05) is 0 Å². The van der Waals surface area contributed by atoms with Gasteiger partial charge in [0.2, 0.25) is 0 Å². The minimum Gasteiger partial charge on any atom is -0.295 e. The third-order valence-corrected chi connectivity index (χ3v) is 0.166. The van der Waals surface area contributed by atoms with Crippen LogP contribution in [-0.2, 0) is 9.59 Å². The van der Waals surface area contributed by atoms with Crippen molar-refractivity contribution in [1.29, 1.82) is 0 Å². The van der Waals surface area contributed by atoms with Crippen molar-refractivity contribution in [2.24, 2.45) is 0 Å². The Kier molecular flexibility index (Phi) is 8.37. The van der Waals surface area contributed by atoms with Crippen molar-refractivity contribution in [2.45, 2.75) is 6.92 Å². The van der Waals surface area contributed by atoms with Gasteiger partial charge in [-0.2, -0.15) is 0 Å². The van der Waals surface area contributed by atoms with Gasteiger partial charge in [0.25, 0.3) is 0 Å². The molecule has 0 aromatic carbocycles. The molecular formula is C3H4O2Pb. The van der Waals surface area contributed by atoms with Crippen LogP contribution in [0.15, 0.2) is 0 Å². The van der Waals surface area contributed by atoms with Crippen LogP contribution in [0.2, 0.25) is 0 Å². The Morgan fingerprint density at radius 3 is 1.83 bits per heavy atom. The Morgan fingerprint density at radius 2 is 1.83 bits per heavy atom. The first-order chi connectivity index (χ1) is 2.27. The maximum absolute atomic E-state index is 9.44. The van der Waals surface area contributed by atoms with Crippen molar-refractivity contribution in [3.8, 4) is 0 Å². The van der Waals surface area contributed by atoms with Gasteiger partial charge in [0.1, 0.15) is 0 Å². The Bertz CT molecular complexity index is 59.8. The zero-order chi connectivity index (χ0) is 4.28. The fraction of sp³-hybridized carbons (Fsp3) is 0.333. The zero-order valence-electron chi connectivity index (χ0n) is 3.39. The van der Waals surface area contributed by atoms with E-state index >= 15 is 0 Å². The molecule has 32 valence electrons. The Balaban J connectivity index is 0. The van der Waals surface area contributed by atoms with Gasteiger partial charge in [0.05, 0.1) is 0 Å². The van der Waals surface area contributed by atoms with Crippen LogP contribution in [0.1, 0.15) is 6.92 Å². The molecule has 0 atom stereocenters. The van der Waals surface area contributed by atoms with Crippen LogP contribution in [-0.4, -0.2) is 39.4 Å². The number of Topliss-reactive ketones (excluding diaryl/α,β-unsaturated/α-hetero) is 1. The molecule has 0 aromatic rings. The van der Waals surface area contributed by atoms with Crippen molar-refractivity contribution in [2.75, 3.05) is 0 Å². The van der Waals surface area contributed by atoms with Gasteiger partial charge in [0, 0.05) is 34.2 Å². The normalized spacial score (nSPS) is 5.50. The summed E-state index contributed by atoms with van der Waals surface area (Å²) in [6.45, 7) is 1.22. The number of aldehydes is 1. The Labute approximate surface area is 56.1 Å². The van der Waals surface area contributed by atoms with Crippen LogP contribution >= 0.6 is 0 Å². The third-order valence-electron chi connectivity index (χ3n) is 0.166. The SMILES string of the molecule is CC(=O)C=O.[Pb]. The van der Waals surface area contributed by atoms with Crippen LogP contribution in [0.25, 0.3) is 0 Å². The van der Waals surface area contributed by atoms with Crippen LogP contribution in [0.4, 0.5) is 0 Å². The monoisotopic (exact) mass is 280 g/mol. The second-order valence-corrected chi connectivity index (χ2v) is 0.729. The number of carbonyl (C=O) groups excluding carboxylic acids is 2. The van der Waals surface area contributed by atoms with Crippen molar-refractivity contribution in [1.82, 2.24) is 0 Å². The van der Waals surface area contributed by atoms with Crippen molar-refractivity contribution in [3.63, 3.8) is 0 Å². The molecule has 0 spiro atoms. The number of hydrogen-bond donors (Lipinski definition) is 0. The maximum atomic E-state index is 9.44. The summed E-state index contributed by atoms with van der Waals surface area (Å²) in [4.78, 5) is 18.6. The molecule has 0 saturated carbocycles. The smallest absolute Gasteiger partial charge is 0.192 e. The molecule has 4 radical (unpaired) electrons. The second-order valence-electron chi connectivity index (χ2n) is 0.729. The number of ketones is 1. The van der Waals surface area contributed by atoms with Crippen molar-refractivity contribution >= 4 is 39.4 Å². The largest absolute Gasteiger partial charge is 0.295 e. The zero-order valence-corrected chi connectivity index (χ0v) is 7.28. The summed E-state index contributed by atoms with van der Waals surface area (Å²) >= 11 is 0. The van der Waals surface area contributed by atoms with E-state index in [1.54, 1.807) is 0 Å². The summed E-state index contributed by atoms with van der Waals surface area (Å²) < 4.78 is 0. The first-order valence-electron chi connectivity index (χ1n) is 1.23. The standard InChI is InChI=1S/C3H4O2.Pb/c1-3(5)2-4;/h2H,1H3;. The van der Waals surface area contributed by atoms with Gasteiger partial charge < -0.3 is 0 Å². The molecule has 0 aliphatic heterocycles. The molecule has 0 amide bonds. The van der Waals surface area contributed by atoms with E-state index in [1.807, 2.05) is 0 Å². The molecule has 3 heteroatoms. The molecule has 6 heavy (non-hydrogen) atoms. The van der Waals surface area contributed by atoms with Crippen LogP contribution in [0.3, 0.4) is 0 Å². The van der Waals surface area contributed by atoms with Crippen molar-refractivity contribution < 1.29 is 9.59 Å². The van der Waals surface area contributed by atoms with Crippen LogP contribution < -0.4 is 0 Å². The van der Waals surface area contributed by atoms with Gasteiger partial charge in [0.15, 0.2) is 12.1 Å². The van der Waals surface area contributed by atoms with Gasteiger partial charge in [-0.15, -0.1) is 0 Å². The first-order valence-corrected chi connectivity index (χ1v) is 1.23.